The van der Waals surface area contributed by atoms with Gasteiger partial charge in [0.15, 0.2) is 10.9 Å². The number of amides is 1. The van der Waals surface area contributed by atoms with Crippen molar-refractivity contribution in [2.75, 3.05) is 5.32 Å². The van der Waals surface area contributed by atoms with Crippen LogP contribution in [0.3, 0.4) is 0 Å². The molecule has 2 N–H and O–H groups in total. The Balaban J connectivity index is 1.87. The fourth-order valence-electron chi connectivity index (χ4n) is 1.93. The predicted octanol–water partition coefficient (Wildman–Crippen LogP) is 2.35. The monoisotopic (exact) mass is 360 g/mol. The minimum Gasteiger partial charge on any atom is -0.459 e. The van der Waals surface area contributed by atoms with Crippen molar-refractivity contribution >= 4 is 35.0 Å². The number of benzene rings is 1. The fourth-order valence-corrected chi connectivity index (χ4v) is 2.13. The van der Waals surface area contributed by atoms with Gasteiger partial charge in [0.1, 0.15) is 12.1 Å². The molecule has 0 spiro atoms. The van der Waals surface area contributed by atoms with E-state index in [4.69, 9.17) is 17.0 Å². The first kappa shape index (κ1) is 18.6. The summed E-state index contributed by atoms with van der Waals surface area (Å²) in [4.78, 5) is 23.8. The van der Waals surface area contributed by atoms with Gasteiger partial charge in [0.05, 0.1) is 0 Å². The molecular formula is C17H20N4O3S. The van der Waals surface area contributed by atoms with E-state index in [9.17, 15) is 9.59 Å². The van der Waals surface area contributed by atoms with Gasteiger partial charge in [0.2, 0.25) is 0 Å². The van der Waals surface area contributed by atoms with Gasteiger partial charge in [-0.1, -0.05) is 18.2 Å². The summed E-state index contributed by atoms with van der Waals surface area (Å²) < 4.78 is 6.66. The number of esters is 1. The quantitative estimate of drug-likeness (QED) is 0.643. The number of aromatic nitrogens is 2. The molecule has 2 rings (SSSR count). The molecule has 0 saturated heterocycles. The maximum Gasteiger partial charge on any atom is 0.328 e. The molecule has 0 radical (unpaired) electrons. The highest BCUT2D eigenvalue weighted by molar-refractivity contribution is 7.80. The van der Waals surface area contributed by atoms with Crippen molar-refractivity contribution < 1.29 is 14.3 Å². The minimum atomic E-state index is -0.547. The number of ether oxygens (including phenoxy) is 1. The van der Waals surface area contributed by atoms with Gasteiger partial charge in [-0.05, 0) is 45.1 Å². The van der Waals surface area contributed by atoms with E-state index in [2.05, 4.69) is 15.7 Å². The van der Waals surface area contributed by atoms with Gasteiger partial charge in [-0.2, -0.15) is 5.10 Å². The van der Waals surface area contributed by atoms with E-state index in [1.807, 2.05) is 6.07 Å². The van der Waals surface area contributed by atoms with Crippen LogP contribution in [0.2, 0.25) is 0 Å². The molecule has 1 amide bonds. The highest BCUT2D eigenvalue weighted by Crippen LogP contribution is 2.08. The lowest BCUT2D eigenvalue weighted by molar-refractivity contribution is -0.155. The molecule has 0 aliphatic heterocycles. The summed E-state index contributed by atoms with van der Waals surface area (Å²) in [6, 6.07) is 10.4. The normalized spacial score (nSPS) is 10.8. The first-order chi connectivity index (χ1) is 11.7. The number of rotatable bonds is 4. The fraction of sp³-hybridized carbons (Fsp3) is 0.294. The predicted molar refractivity (Wildman–Crippen MR) is 98.2 cm³/mol. The van der Waals surface area contributed by atoms with Crippen molar-refractivity contribution in [3.8, 4) is 0 Å². The lowest BCUT2D eigenvalue weighted by atomic mass is 10.2. The van der Waals surface area contributed by atoms with Crippen LogP contribution in [0.5, 0.6) is 0 Å². The zero-order chi connectivity index (χ0) is 18.4. The zero-order valence-corrected chi connectivity index (χ0v) is 15.1. The first-order valence-corrected chi connectivity index (χ1v) is 8.06. The Morgan fingerprint density at radius 2 is 1.88 bits per heavy atom. The standard InChI is InChI=1S/C17H20N4O3S/c1-17(2,3)24-14(22)11-21-10-9-13(20-21)18-16(25)19-15(23)12-7-5-4-6-8-12/h4-10H,11H2,1-3H3,(H2,18,19,20,23,25). The number of anilines is 1. The molecule has 8 heteroatoms. The maximum absolute atomic E-state index is 12.0. The summed E-state index contributed by atoms with van der Waals surface area (Å²) in [7, 11) is 0. The van der Waals surface area contributed by atoms with Crippen molar-refractivity contribution in [3.05, 3.63) is 48.2 Å². The van der Waals surface area contributed by atoms with Gasteiger partial charge in [0, 0.05) is 17.8 Å². The third-order valence-corrected chi connectivity index (χ3v) is 3.06. The minimum absolute atomic E-state index is 0.0118. The van der Waals surface area contributed by atoms with Crippen LogP contribution in [-0.4, -0.2) is 32.4 Å². The third kappa shape index (κ3) is 6.34. The number of nitrogens with zero attached hydrogens (tertiary/aromatic N) is 2. The molecule has 1 heterocycles. The van der Waals surface area contributed by atoms with E-state index in [0.29, 0.717) is 11.4 Å². The molecular weight excluding hydrogens is 340 g/mol. The molecule has 25 heavy (non-hydrogen) atoms. The average Bonchev–Trinajstić information content (AvgIpc) is 2.92. The summed E-state index contributed by atoms with van der Waals surface area (Å²) in [5.74, 6) is -0.282. The Morgan fingerprint density at radius 3 is 2.52 bits per heavy atom. The van der Waals surface area contributed by atoms with Crippen molar-refractivity contribution in [3.63, 3.8) is 0 Å². The van der Waals surface area contributed by atoms with E-state index in [0.717, 1.165) is 0 Å². The maximum atomic E-state index is 12.0. The molecule has 0 unspecified atom stereocenters. The SMILES string of the molecule is CC(C)(C)OC(=O)Cn1ccc(NC(=S)NC(=O)c2ccccc2)n1. The second kappa shape index (κ2) is 7.89. The number of carbonyl (C=O) groups is 2. The number of nitrogens with one attached hydrogen (secondary N) is 2. The number of thiocarbonyl (C=S) groups is 1. The molecule has 0 bridgehead atoms. The molecule has 2 aromatic rings. The summed E-state index contributed by atoms with van der Waals surface area (Å²) in [5, 5.41) is 9.65. The first-order valence-electron chi connectivity index (χ1n) is 7.65. The molecule has 0 saturated carbocycles. The number of hydrogen-bond donors (Lipinski definition) is 2. The van der Waals surface area contributed by atoms with Gasteiger partial charge in [-0.15, -0.1) is 0 Å². The summed E-state index contributed by atoms with van der Waals surface area (Å²) in [6.45, 7) is 5.39. The van der Waals surface area contributed by atoms with Crippen LogP contribution in [0.25, 0.3) is 0 Å². The Hall–Kier alpha value is -2.74. The van der Waals surface area contributed by atoms with E-state index in [1.54, 1.807) is 57.3 Å². The summed E-state index contributed by atoms with van der Waals surface area (Å²) in [5.41, 5.74) is -0.0451. The van der Waals surface area contributed by atoms with Crippen LogP contribution in [0.1, 0.15) is 31.1 Å². The highest BCUT2D eigenvalue weighted by atomic mass is 32.1. The van der Waals surface area contributed by atoms with Gasteiger partial charge < -0.3 is 10.1 Å². The Labute approximate surface area is 151 Å². The summed E-state index contributed by atoms with van der Waals surface area (Å²) >= 11 is 5.10. The Morgan fingerprint density at radius 1 is 1.20 bits per heavy atom. The lowest BCUT2D eigenvalue weighted by Gasteiger charge is -2.19. The zero-order valence-electron chi connectivity index (χ0n) is 14.3. The smallest absolute Gasteiger partial charge is 0.328 e. The Kier molecular flexibility index (Phi) is 5.87. The second-order valence-electron chi connectivity index (χ2n) is 6.26. The molecule has 0 fully saturated rings. The van der Waals surface area contributed by atoms with E-state index >= 15 is 0 Å². The van der Waals surface area contributed by atoms with Crippen LogP contribution in [-0.2, 0) is 16.1 Å². The molecule has 7 nitrogen and oxygen atoms in total. The molecule has 132 valence electrons. The van der Waals surface area contributed by atoms with Crippen LogP contribution < -0.4 is 10.6 Å². The molecule has 0 aliphatic rings. The third-order valence-electron chi connectivity index (χ3n) is 2.86. The molecule has 1 aromatic heterocycles. The lowest BCUT2D eigenvalue weighted by Crippen LogP contribution is -2.34. The van der Waals surface area contributed by atoms with Crippen molar-refractivity contribution in [1.29, 1.82) is 0 Å². The molecule has 0 atom stereocenters. The van der Waals surface area contributed by atoms with Crippen molar-refractivity contribution in [2.24, 2.45) is 0 Å². The van der Waals surface area contributed by atoms with Crippen LogP contribution in [0.15, 0.2) is 42.6 Å². The number of carbonyl (C=O) groups excluding carboxylic acids is 2. The van der Waals surface area contributed by atoms with E-state index in [-0.39, 0.29) is 23.5 Å². The van der Waals surface area contributed by atoms with Crippen molar-refractivity contribution in [2.45, 2.75) is 32.9 Å². The topological polar surface area (TPSA) is 85.2 Å². The molecule has 1 aromatic carbocycles. The summed E-state index contributed by atoms with van der Waals surface area (Å²) in [6.07, 6.45) is 1.62. The van der Waals surface area contributed by atoms with Gasteiger partial charge >= 0.3 is 5.97 Å². The van der Waals surface area contributed by atoms with Crippen LogP contribution >= 0.6 is 12.2 Å². The number of hydrogen-bond acceptors (Lipinski definition) is 5. The average molecular weight is 360 g/mol. The second-order valence-corrected chi connectivity index (χ2v) is 6.67. The van der Waals surface area contributed by atoms with E-state index in [1.165, 1.54) is 4.68 Å². The van der Waals surface area contributed by atoms with E-state index < -0.39 is 5.60 Å². The largest absolute Gasteiger partial charge is 0.459 e. The van der Waals surface area contributed by atoms with Crippen LogP contribution in [0, 0.1) is 0 Å². The van der Waals surface area contributed by atoms with Crippen LogP contribution in [0.4, 0.5) is 5.82 Å². The highest BCUT2D eigenvalue weighted by Gasteiger charge is 2.17. The molecule has 0 aliphatic carbocycles. The van der Waals surface area contributed by atoms with Gasteiger partial charge in [-0.25, -0.2) is 0 Å². The van der Waals surface area contributed by atoms with Gasteiger partial charge in [0.25, 0.3) is 5.91 Å². The van der Waals surface area contributed by atoms with Crippen molar-refractivity contribution in [1.82, 2.24) is 15.1 Å². The van der Waals surface area contributed by atoms with Gasteiger partial charge in [-0.3, -0.25) is 19.6 Å². The Bertz CT molecular complexity index is 766.